The third-order valence-corrected chi connectivity index (χ3v) is 2.70. The minimum atomic E-state index is -2.07. The number of nitrogens with zero attached hydrogens (tertiary/aromatic N) is 1. The molecule has 0 unspecified atom stereocenters. The third-order valence-electron chi connectivity index (χ3n) is 0.944. The molecular weight excluding hydrogens is 162 g/mol. The Kier molecular flexibility index (Phi) is 3.71. The minimum absolute atomic E-state index is 0.288. The molecule has 0 spiro atoms. The molecule has 0 aliphatic carbocycles. The standard InChI is InChI=1S/C6H11NO3Si/c1-6(9)10-11(2,3)5-7-4-8/h5H2,1-3H3. The van der Waals surface area contributed by atoms with E-state index in [9.17, 15) is 9.59 Å². The van der Waals surface area contributed by atoms with Crippen LogP contribution in [0.3, 0.4) is 0 Å². The molecule has 0 amide bonds. The third kappa shape index (κ3) is 5.51. The molecule has 0 aliphatic heterocycles. The van der Waals surface area contributed by atoms with Gasteiger partial charge >= 0.3 is 0 Å². The van der Waals surface area contributed by atoms with E-state index in [0.717, 1.165) is 0 Å². The van der Waals surface area contributed by atoms with Crippen molar-refractivity contribution in [3.05, 3.63) is 0 Å². The van der Waals surface area contributed by atoms with Crippen molar-refractivity contribution in [2.45, 2.75) is 20.0 Å². The molecule has 0 saturated heterocycles. The number of carbonyl (C=O) groups excluding carboxylic acids is 2. The smallest absolute Gasteiger partial charge is 0.289 e. The monoisotopic (exact) mass is 173 g/mol. The maximum Gasteiger partial charge on any atom is 0.289 e. The van der Waals surface area contributed by atoms with Crippen LogP contribution in [0.15, 0.2) is 4.99 Å². The SMILES string of the molecule is CC(=O)O[Si](C)(C)CN=C=O. The van der Waals surface area contributed by atoms with Crippen molar-refractivity contribution in [1.29, 1.82) is 0 Å². The molecule has 0 aromatic heterocycles. The highest BCUT2D eigenvalue weighted by Gasteiger charge is 2.25. The molecule has 62 valence electrons. The predicted octanol–water partition coefficient (Wildman–Crippen LogP) is 0.630. The number of isocyanates is 1. The molecule has 4 nitrogen and oxygen atoms in total. The summed E-state index contributed by atoms with van der Waals surface area (Å²) in [6, 6.07) is 0. The average molecular weight is 173 g/mol. The van der Waals surface area contributed by atoms with E-state index < -0.39 is 8.32 Å². The summed E-state index contributed by atoms with van der Waals surface area (Å²) >= 11 is 0. The van der Waals surface area contributed by atoms with Crippen LogP contribution in [0.4, 0.5) is 0 Å². The van der Waals surface area contributed by atoms with Crippen LogP contribution < -0.4 is 0 Å². The van der Waals surface area contributed by atoms with Gasteiger partial charge in [-0.3, -0.25) is 4.79 Å². The van der Waals surface area contributed by atoms with Crippen molar-refractivity contribution in [1.82, 2.24) is 0 Å². The second-order valence-electron chi connectivity index (χ2n) is 2.76. The molecule has 11 heavy (non-hydrogen) atoms. The van der Waals surface area contributed by atoms with Gasteiger partial charge in [-0.2, -0.15) is 0 Å². The van der Waals surface area contributed by atoms with Gasteiger partial charge in [0.05, 0.1) is 6.17 Å². The van der Waals surface area contributed by atoms with Crippen molar-refractivity contribution in [2.75, 3.05) is 6.17 Å². The van der Waals surface area contributed by atoms with E-state index >= 15 is 0 Å². The molecule has 5 heteroatoms. The number of rotatable bonds is 3. The van der Waals surface area contributed by atoms with Gasteiger partial charge in [-0.05, 0) is 13.1 Å². The van der Waals surface area contributed by atoms with Gasteiger partial charge in [0.15, 0.2) is 0 Å². The Morgan fingerprint density at radius 1 is 1.64 bits per heavy atom. The van der Waals surface area contributed by atoms with Gasteiger partial charge in [0, 0.05) is 6.92 Å². The number of hydrogen-bond donors (Lipinski definition) is 0. The Bertz CT molecular complexity index is 190. The molecule has 0 saturated carbocycles. The quantitative estimate of drug-likeness (QED) is 0.357. The lowest BCUT2D eigenvalue weighted by Crippen LogP contribution is -2.36. The molecular formula is C6H11NO3Si. The molecule has 0 aromatic rings. The van der Waals surface area contributed by atoms with Gasteiger partial charge < -0.3 is 4.43 Å². The van der Waals surface area contributed by atoms with Gasteiger partial charge in [-0.15, -0.1) is 0 Å². The Morgan fingerprint density at radius 3 is 2.55 bits per heavy atom. The average Bonchev–Trinajstić information content (AvgIpc) is 1.81. The molecule has 0 N–H and O–H groups in total. The lowest BCUT2D eigenvalue weighted by atomic mass is 10.9. The van der Waals surface area contributed by atoms with Gasteiger partial charge in [0.1, 0.15) is 0 Å². The lowest BCUT2D eigenvalue weighted by Gasteiger charge is -2.17. The summed E-state index contributed by atoms with van der Waals surface area (Å²) in [5.41, 5.74) is 0. The lowest BCUT2D eigenvalue weighted by molar-refractivity contribution is -0.132. The first-order valence-electron chi connectivity index (χ1n) is 3.21. The highest BCUT2D eigenvalue weighted by Crippen LogP contribution is 2.03. The van der Waals surface area contributed by atoms with E-state index in [1.165, 1.54) is 13.0 Å². The van der Waals surface area contributed by atoms with E-state index in [0.29, 0.717) is 0 Å². The van der Waals surface area contributed by atoms with Gasteiger partial charge in [0.25, 0.3) is 14.3 Å². The van der Waals surface area contributed by atoms with Crippen LogP contribution in [0.1, 0.15) is 6.92 Å². The van der Waals surface area contributed by atoms with Crippen LogP contribution in [0.25, 0.3) is 0 Å². The van der Waals surface area contributed by atoms with E-state index in [2.05, 4.69) is 4.99 Å². The van der Waals surface area contributed by atoms with Crippen LogP contribution in [-0.4, -0.2) is 26.5 Å². The second kappa shape index (κ2) is 4.05. The maximum absolute atomic E-state index is 10.5. The summed E-state index contributed by atoms with van der Waals surface area (Å²) in [4.78, 5) is 23.6. The summed E-state index contributed by atoms with van der Waals surface area (Å²) in [5.74, 6) is -0.317. The molecule has 0 aliphatic rings. The Labute approximate surface area is 66.4 Å². The van der Waals surface area contributed by atoms with Crippen molar-refractivity contribution in [2.24, 2.45) is 4.99 Å². The Hall–Kier alpha value is -0.933. The van der Waals surface area contributed by atoms with E-state index in [1.807, 2.05) is 13.1 Å². The molecule has 0 fully saturated rings. The van der Waals surface area contributed by atoms with Crippen LogP contribution in [0.2, 0.25) is 13.1 Å². The highest BCUT2D eigenvalue weighted by atomic mass is 28.4. The summed E-state index contributed by atoms with van der Waals surface area (Å²) in [6.45, 7) is 4.98. The Morgan fingerprint density at radius 2 is 2.18 bits per heavy atom. The van der Waals surface area contributed by atoms with Crippen LogP contribution >= 0.6 is 0 Å². The Balaban J connectivity index is 3.98. The van der Waals surface area contributed by atoms with Crippen LogP contribution in [-0.2, 0) is 14.0 Å². The molecule has 0 aromatic carbocycles. The van der Waals surface area contributed by atoms with E-state index in [1.54, 1.807) is 0 Å². The zero-order valence-corrected chi connectivity index (χ0v) is 7.88. The van der Waals surface area contributed by atoms with Gasteiger partial charge in [0.2, 0.25) is 6.08 Å². The van der Waals surface area contributed by atoms with Crippen molar-refractivity contribution < 1.29 is 14.0 Å². The topological polar surface area (TPSA) is 55.7 Å². The van der Waals surface area contributed by atoms with Gasteiger partial charge in [-0.25, -0.2) is 9.79 Å². The first-order chi connectivity index (χ1) is 4.98. The predicted molar refractivity (Wildman–Crippen MR) is 42.2 cm³/mol. The van der Waals surface area contributed by atoms with Crippen LogP contribution in [0, 0.1) is 0 Å². The fraction of sp³-hybridized carbons (Fsp3) is 0.667. The zero-order chi connectivity index (χ0) is 8.91. The molecule has 0 heterocycles. The first kappa shape index (κ1) is 10.1. The van der Waals surface area contributed by atoms with Gasteiger partial charge in [-0.1, -0.05) is 0 Å². The fourth-order valence-electron chi connectivity index (χ4n) is 0.644. The summed E-state index contributed by atoms with van der Waals surface area (Å²) in [6.07, 6.45) is 1.70. The van der Waals surface area contributed by atoms with Crippen molar-refractivity contribution in [3.8, 4) is 0 Å². The number of carbonyl (C=O) groups is 1. The molecule has 0 rings (SSSR count). The minimum Gasteiger partial charge on any atom is -0.518 e. The number of aliphatic imine (C=N–C) groups is 1. The molecule has 0 atom stereocenters. The van der Waals surface area contributed by atoms with Crippen molar-refractivity contribution >= 4 is 20.4 Å². The fourth-order valence-corrected chi connectivity index (χ4v) is 1.93. The normalized spacial score (nSPS) is 10.1. The zero-order valence-electron chi connectivity index (χ0n) is 6.88. The first-order valence-corrected chi connectivity index (χ1v) is 6.33. The van der Waals surface area contributed by atoms with Crippen LogP contribution in [0.5, 0.6) is 0 Å². The molecule has 0 bridgehead atoms. The van der Waals surface area contributed by atoms with E-state index in [-0.39, 0.29) is 12.1 Å². The largest absolute Gasteiger partial charge is 0.518 e. The second-order valence-corrected chi connectivity index (χ2v) is 6.80. The number of hydrogen-bond acceptors (Lipinski definition) is 4. The summed E-state index contributed by atoms with van der Waals surface area (Å²) in [5, 5.41) is 0. The van der Waals surface area contributed by atoms with E-state index in [4.69, 9.17) is 4.43 Å². The highest BCUT2D eigenvalue weighted by molar-refractivity contribution is 6.72. The van der Waals surface area contributed by atoms with Crippen molar-refractivity contribution in [3.63, 3.8) is 0 Å². The maximum atomic E-state index is 10.5. The summed E-state index contributed by atoms with van der Waals surface area (Å²) in [7, 11) is -2.07. The summed E-state index contributed by atoms with van der Waals surface area (Å²) < 4.78 is 4.97. The molecule has 0 radical (unpaired) electrons.